The molecule has 0 aliphatic rings. The molecule has 0 bridgehead atoms. The predicted molar refractivity (Wildman–Crippen MR) is 92.6 cm³/mol. The maximum Gasteiger partial charge on any atom is 0.275 e. The Labute approximate surface area is 148 Å². The van der Waals surface area contributed by atoms with Crippen LogP contribution < -0.4 is 11.1 Å². The molecular weight excluding hydrogens is 345 g/mol. The molecule has 128 valence electrons. The molecular formula is C17H15ClFN5O. The van der Waals surface area contributed by atoms with E-state index in [9.17, 15) is 9.18 Å². The number of nitrogens with zero attached hydrogens (tertiary/aromatic N) is 3. The lowest BCUT2D eigenvalue weighted by atomic mass is 10.2. The van der Waals surface area contributed by atoms with E-state index in [1.54, 1.807) is 24.3 Å². The van der Waals surface area contributed by atoms with E-state index in [1.807, 2.05) is 12.1 Å². The quantitative estimate of drug-likeness (QED) is 0.733. The number of nitrogens with one attached hydrogen (secondary N) is 1. The van der Waals surface area contributed by atoms with Crippen molar-refractivity contribution >= 4 is 23.3 Å². The second kappa shape index (κ2) is 7.31. The Morgan fingerprint density at radius 1 is 1.12 bits per heavy atom. The zero-order valence-corrected chi connectivity index (χ0v) is 13.9. The van der Waals surface area contributed by atoms with E-state index in [4.69, 9.17) is 17.3 Å². The number of hydrogen-bond acceptors (Lipinski definition) is 4. The summed E-state index contributed by atoms with van der Waals surface area (Å²) in [5.41, 5.74) is 7.72. The van der Waals surface area contributed by atoms with Gasteiger partial charge < -0.3 is 11.1 Å². The normalized spacial score (nSPS) is 10.6. The number of aromatic nitrogens is 3. The van der Waals surface area contributed by atoms with Crippen molar-refractivity contribution in [3.63, 3.8) is 0 Å². The third-order valence-corrected chi connectivity index (χ3v) is 3.85. The van der Waals surface area contributed by atoms with Crippen molar-refractivity contribution in [2.45, 2.75) is 13.1 Å². The maximum absolute atomic E-state index is 12.9. The molecule has 0 spiro atoms. The monoisotopic (exact) mass is 359 g/mol. The first-order valence-electron chi connectivity index (χ1n) is 7.49. The highest BCUT2D eigenvalue weighted by Crippen LogP contribution is 2.14. The number of amides is 1. The van der Waals surface area contributed by atoms with Crippen LogP contribution in [0.1, 0.15) is 21.6 Å². The average molecular weight is 360 g/mol. The van der Waals surface area contributed by atoms with Gasteiger partial charge in [0, 0.05) is 11.6 Å². The van der Waals surface area contributed by atoms with Crippen LogP contribution in [0.15, 0.2) is 48.5 Å². The average Bonchev–Trinajstić information content (AvgIpc) is 2.97. The van der Waals surface area contributed by atoms with E-state index in [2.05, 4.69) is 15.6 Å². The van der Waals surface area contributed by atoms with E-state index in [1.165, 1.54) is 16.8 Å². The van der Waals surface area contributed by atoms with Gasteiger partial charge in [-0.3, -0.25) is 4.79 Å². The van der Waals surface area contributed by atoms with E-state index in [0.717, 1.165) is 11.1 Å². The van der Waals surface area contributed by atoms with Gasteiger partial charge in [0.25, 0.3) is 5.91 Å². The molecule has 0 aliphatic heterocycles. The van der Waals surface area contributed by atoms with Gasteiger partial charge in [-0.15, -0.1) is 5.10 Å². The van der Waals surface area contributed by atoms with Crippen molar-refractivity contribution in [2.75, 3.05) is 5.73 Å². The largest absolute Gasteiger partial charge is 0.382 e. The predicted octanol–water partition coefficient (Wildman–Crippen LogP) is 2.63. The van der Waals surface area contributed by atoms with Crippen LogP contribution in [0.4, 0.5) is 10.2 Å². The van der Waals surface area contributed by atoms with Crippen LogP contribution in [0.5, 0.6) is 0 Å². The Kier molecular flexibility index (Phi) is 4.95. The molecule has 6 nitrogen and oxygen atoms in total. The summed E-state index contributed by atoms with van der Waals surface area (Å²) in [5, 5.41) is 11.1. The molecule has 0 aliphatic carbocycles. The lowest BCUT2D eigenvalue weighted by Gasteiger charge is -2.05. The van der Waals surface area contributed by atoms with Gasteiger partial charge in [0.15, 0.2) is 11.5 Å². The highest BCUT2D eigenvalue weighted by atomic mass is 35.5. The van der Waals surface area contributed by atoms with Gasteiger partial charge in [-0.05, 0) is 35.4 Å². The highest BCUT2D eigenvalue weighted by Gasteiger charge is 2.17. The van der Waals surface area contributed by atoms with Gasteiger partial charge in [0.05, 0.1) is 6.54 Å². The van der Waals surface area contributed by atoms with Gasteiger partial charge in [0.2, 0.25) is 0 Å². The second-order valence-electron chi connectivity index (χ2n) is 5.42. The van der Waals surface area contributed by atoms with Crippen LogP contribution in [0, 0.1) is 5.82 Å². The standard InChI is InChI=1S/C17H15ClFN5O/c18-13-5-1-12(2-6-13)10-24-16(20)15(22-23-24)17(25)21-9-11-3-7-14(19)8-4-11/h1-8H,9-10,20H2,(H,21,25). The molecule has 1 amide bonds. The van der Waals surface area contributed by atoms with E-state index < -0.39 is 5.91 Å². The number of nitrogens with two attached hydrogens (primary N) is 1. The van der Waals surface area contributed by atoms with Crippen molar-refractivity contribution in [3.8, 4) is 0 Å². The molecule has 0 saturated carbocycles. The summed E-state index contributed by atoms with van der Waals surface area (Å²) in [6.07, 6.45) is 0. The summed E-state index contributed by atoms with van der Waals surface area (Å²) >= 11 is 5.85. The van der Waals surface area contributed by atoms with E-state index in [0.29, 0.717) is 11.6 Å². The summed E-state index contributed by atoms with van der Waals surface area (Å²) < 4.78 is 14.3. The minimum atomic E-state index is -0.441. The zero-order chi connectivity index (χ0) is 17.8. The summed E-state index contributed by atoms with van der Waals surface area (Å²) in [7, 11) is 0. The van der Waals surface area contributed by atoms with Gasteiger partial charge in [-0.1, -0.05) is 41.1 Å². The molecule has 0 saturated heterocycles. The van der Waals surface area contributed by atoms with E-state index in [-0.39, 0.29) is 23.9 Å². The molecule has 3 rings (SSSR count). The van der Waals surface area contributed by atoms with Gasteiger partial charge in [0.1, 0.15) is 5.82 Å². The molecule has 0 radical (unpaired) electrons. The molecule has 1 heterocycles. The first-order chi connectivity index (χ1) is 12.0. The first kappa shape index (κ1) is 16.9. The van der Waals surface area contributed by atoms with Crippen LogP contribution >= 0.6 is 11.6 Å². The fourth-order valence-corrected chi connectivity index (χ4v) is 2.36. The molecule has 2 aromatic carbocycles. The Morgan fingerprint density at radius 2 is 1.76 bits per heavy atom. The molecule has 3 N–H and O–H groups in total. The molecule has 0 fully saturated rings. The number of benzene rings is 2. The second-order valence-corrected chi connectivity index (χ2v) is 5.85. The SMILES string of the molecule is Nc1c(C(=O)NCc2ccc(F)cc2)nnn1Cc1ccc(Cl)cc1. The highest BCUT2D eigenvalue weighted by molar-refractivity contribution is 6.30. The number of nitrogen functional groups attached to an aromatic ring is 1. The van der Waals surface area contributed by atoms with Crippen LogP contribution in [-0.2, 0) is 13.1 Å². The number of rotatable bonds is 5. The van der Waals surface area contributed by atoms with Crippen molar-refractivity contribution in [3.05, 3.63) is 76.2 Å². The third kappa shape index (κ3) is 4.13. The van der Waals surface area contributed by atoms with Crippen molar-refractivity contribution in [1.29, 1.82) is 0 Å². The number of carbonyl (C=O) groups excluding carboxylic acids is 1. The lowest BCUT2D eigenvalue weighted by molar-refractivity contribution is 0.0946. The maximum atomic E-state index is 12.9. The van der Waals surface area contributed by atoms with Crippen LogP contribution in [-0.4, -0.2) is 20.9 Å². The number of halogens is 2. The molecule has 8 heteroatoms. The molecule has 25 heavy (non-hydrogen) atoms. The smallest absolute Gasteiger partial charge is 0.275 e. The number of hydrogen-bond donors (Lipinski definition) is 2. The Balaban J connectivity index is 1.66. The fraction of sp³-hybridized carbons (Fsp3) is 0.118. The fourth-order valence-electron chi connectivity index (χ4n) is 2.23. The summed E-state index contributed by atoms with van der Waals surface area (Å²) in [4.78, 5) is 12.2. The van der Waals surface area contributed by atoms with Gasteiger partial charge in [-0.25, -0.2) is 9.07 Å². The summed E-state index contributed by atoms with van der Waals surface area (Å²) in [6, 6.07) is 13.1. The van der Waals surface area contributed by atoms with Crippen LogP contribution in [0.3, 0.4) is 0 Å². The molecule has 0 unspecified atom stereocenters. The van der Waals surface area contributed by atoms with Gasteiger partial charge >= 0.3 is 0 Å². The third-order valence-electron chi connectivity index (χ3n) is 3.60. The first-order valence-corrected chi connectivity index (χ1v) is 7.87. The van der Waals surface area contributed by atoms with Crippen LogP contribution in [0.25, 0.3) is 0 Å². The summed E-state index contributed by atoms with van der Waals surface area (Å²) in [5.74, 6) is -0.597. The Morgan fingerprint density at radius 3 is 2.44 bits per heavy atom. The number of anilines is 1. The molecule has 0 atom stereocenters. The Bertz CT molecular complexity index is 877. The van der Waals surface area contributed by atoms with Crippen molar-refractivity contribution in [2.24, 2.45) is 0 Å². The van der Waals surface area contributed by atoms with E-state index >= 15 is 0 Å². The van der Waals surface area contributed by atoms with Crippen molar-refractivity contribution in [1.82, 2.24) is 20.3 Å². The van der Waals surface area contributed by atoms with Crippen molar-refractivity contribution < 1.29 is 9.18 Å². The van der Waals surface area contributed by atoms with Gasteiger partial charge in [-0.2, -0.15) is 0 Å². The minimum Gasteiger partial charge on any atom is -0.382 e. The molecule has 1 aromatic heterocycles. The topological polar surface area (TPSA) is 85.8 Å². The Hall–Kier alpha value is -2.93. The zero-order valence-electron chi connectivity index (χ0n) is 13.1. The minimum absolute atomic E-state index is 0.0519. The van der Waals surface area contributed by atoms with Crippen LogP contribution in [0.2, 0.25) is 5.02 Å². The molecule has 3 aromatic rings. The summed E-state index contributed by atoms with van der Waals surface area (Å²) in [6.45, 7) is 0.615. The number of carbonyl (C=O) groups is 1. The lowest BCUT2D eigenvalue weighted by Crippen LogP contribution is -2.24.